The summed E-state index contributed by atoms with van der Waals surface area (Å²) in [7, 11) is 1.49. The second-order valence-corrected chi connectivity index (χ2v) is 6.24. The highest BCUT2D eigenvalue weighted by molar-refractivity contribution is 9.10. The van der Waals surface area contributed by atoms with Gasteiger partial charge in [-0.15, -0.1) is 0 Å². The molecule has 0 aliphatic carbocycles. The fraction of sp³-hybridized carbons (Fsp3) is 0.467. The second kappa shape index (κ2) is 6.47. The van der Waals surface area contributed by atoms with Crippen LogP contribution in [0, 0.1) is 5.92 Å². The molecule has 0 radical (unpaired) electrons. The van der Waals surface area contributed by atoms with Gasteiger partial charge in [0.15, 0.2) is 0 Å². The van der Waals surface area contributed by atoms with E-state index in [2.05, 4.69) is 15.9 Å². The lowest BCUT2D eigenvalue weighted by molar-refractivity contribution is -0.144. The van der Waals surface area contributed by atoms with Crippen molar-refractivity contribution in [3.05, 3.63) is 28.2 Å². The van der Waals surface area contributed by atoms with Crippen LogP contribution in [0.25, 0.3) is 0 Å². The molecule has 1 saturated heterocycles. The van der Waals surface area contributed by atoms with Crippen LogP contribution in [0.1, 0.15) is 30.1 Å². The van der Waals surface area contributed by atoms with Gasteiger partial charge in [0.25, 0.3) is 5.91 Å². The molecule has 1 heterocycles. The Morgan fingerprint density at radius 1 is 1.43 bits per heavy atom. The van der Waals surface area contributed by atoms with Crippen LogP contribution in [-0.4, -0.2) is 41.6 Å². The number of likely N-dealkylation sites (tertiary alicyclic amines) is 1. The molecule has 6 heteroatoms. The van der Waals surface area contributed by atoms with E-state index < -0.39 is 12.0 Å². The van der Waals surface area contributed by atoms with Crippen LogP contribution in [-0.2, 0) is 4.79 Å². The van der Waals surface area contributed by atoms with Gasteiger partial charge in [0.2, 0.25) is 0 Å². The summed E-state index contributed by atoms with van der Waals surface area (Å²) in [6.07, 6.45) is 1.30. The fourth-order valence-electron chi connectivity index (χ4n) is 2.62. The van der Waals surface area contributed by atoms with Crippen molar-refractivity contribution in [3.8, 4) is 5.75 Å². The van der Waals surface area contributed by atoms with E-state index in [1.165, 1.54) is 12.0 Å². The lowest BCUT2D eigenvalue weighted by Crippen LogP contribution is -2.49. The average Bonchev–Trinajstić information content (AvgIpc) is 2.46. The van der Waals surface area contributed by atoms with E-state index in [4.69, 9.17) is 4.74 Å². The molecular formula is C15H18BrNO4. The standard InChI is InChI=1S/C15H18BrNO4/c1-9-5-6-17(12(7-9)15(19)20)14(18)11-4-3-10(16)8-13(11)21-2/h3-4,8-9,12H,5-7H2,1-2H3,(H,19,20). The molecule has 1 amide bonds. The van der Waals surface area contributed by atoms with E-state index >= 15 is 0 Å². The molecule has 21 heavy (non-hydrogen) atoms. The Bertz CT molecular complexity index is 561. The normalized spacial score (nSPS) is 22.0. The van der Waals surface area contributed by atoms with Gasteiger partial charge in [-0.05, 0) is 37.0 Å². The third-order valence-electron chi connectivity index (χ3n) is 3.80. The molecule has 114 valence electrons. The van der Waals surface area contributed by atoms with Gasteiger partial charge < -0.3 is 14.7 Å². The monoisotopic (exact) mass is 355 g/mol. The summed E-state index contributed by atoms with van der Waals surface area (Å²) in [6.45, 7) is 2.47. The molecule has 0 aromatic heterocycles. The summed E-state index contributed by atoms with van der Waals surface area (Å²) in [5, 5.41) is 9.36. The van der Waals surface area contributed by atoms with Crippen molar-refractivity contribution < 1.29 is 19.4 Å². The number of hydrogen-bond donors (Lipinski definition) is 1. The molecule has 0 bridgehead atoms. The summed E-state index contributed by atoms with van der Waals surface area (Å²) >= 11 is 3.33. The summed E-state index contributed by atoms with van der Waals surface area (Å²) in [5.41, 5.74) is 0.390. The first-order chi connectivity index (χ1) is 9.93. The van der Waals surface area contributed by atoms with Gasteiger partial charge in [0.05, 0.1) is 12.7 Å². The Hall–Kier alpha value is -1.56. The van der Waals surface area contributed by atoms with E-state index in [-0.39, 0.29) is 5.91 Å². The zero-order valence-corrected chi connectivity index (χ0v) is 13.6. The minimum absolute atomic E-state index is 0.293. The van der Waals surface area contributed by atoms with Crippen LogP contribution in [0.5, 0.6) is 5.75 Å². The van der Waals surface area contributed by atoms with Crippen molar-refractivity contribution in [2.45, 2.75) is 25.8 Å². The molecular weight excluding hydrogens is 338 g/mol. The number of carbonyl (C=O) groups excluding carboxylic acids is 1. The van der Waals surface area contributed by atoms with Gasteiger partial charge in [0.1, 0.15) is 11.8 Å². The minimum Gasteiger partial charge on any atom is -0.496 e. The number of hydrogen-bond acceptors (Lipinski definition) is 3. The number of rotatable bonds is 3. The van der Waals surface area contributed by atoms with E-state index in [9.17, 15) is 14.7 Å². The molecule has 1 aliphatic rings. The zero-order valence-electron chi connectivity index (χ0n) is 12.0. The number of benzene rings is 1. The first-order valence-corrected chi connectivity index (χ1v) is 7.60. The quantitative estimate of drug-likeness (QED) is 0.905. The topological polar surface area (TPSA) is 66.8 Å². The smallest absolute Gasteiger partial charge is 0.326 e. The van der Waals surface area contributed by atoms with Gasteiger partial charge in [0, 0.05) is 11.0 Å². The first kappa shape index (κ1) is 15.8. The number of carboxylic acid groups (broad SMARTS) is 1. The molecule has 0 spiro atoms. The van der Waals surface area contributed by atoms with Crippen molar-refractivity contribution in [2.75, 3.05) is 13.7 Å². The molecule has 1 N–H and O–H groups in total. The number of nitrogens with zero attached hydrogens (tertiary/aromatic N) is 1. The van der Waals surface area contributed by atoms with Crippen LogP contribution < -0.4 is 4.74 Å². The van der Waals surface area contributed by atoms with Crippen LogP contribution >= 0.6 is 15.9 Å². The van der Waals surface area contributed by atoms with Crippen molar-refractivity contribution in [3.63, 3.8) is 0 Å². The maximum atomic E-state index is 12.7. The number of amides is 1. The Labute approximate surface area is 132 Å². The van der Waals surface area contributed by atoms with Crippen LogP contribution in [0.15, 0.2) is 22.7 Å². The molecule has 1 aliphatic heterocycles. The molecule has 2 atom stereocenters. The zero-order chi connectivity index (χ0) is 15.6. The molecule has 1 aromatic carbocycles. The number of carboxylic acids is 1. The summed E-state index contributed by atoms with van der Waals surface area (Å²) < 4.78 is 6.03. The Kier molecular flexibility index (Phi) is 4.88. The highest BCUT2D eigenvalue weighted by Crippen LogP contribution is 2.29. The lowest BCUT2D eigenvalue weighted by atomic mass is 9.92. The highest BCUT2D eigenvalue weighted by Gasteiger charge is 2.35. The van der Waals surface area contributed by atoms with Crippen LogP contribution in [0.3, 0.4) is 0 Å². The number of carbonyl (C=O) groups is 2. The Morgan fingerprint density at radius 2 is 2.14 bits per heavy atom. The van der Waals surface area contributed by atoms with Crippen molar-refractivity contribution in [1.82, 2.24) is 4.90 Å². The molecule has 1 aromatic rings. The van der Waals surface area contributed by atoms with Gasteiger partial charge in [-0.3, -0.25) is 4.79 Å². The molecule has 1 fully saturated rings. The fourth-order valence-corrected chi connectivity index (χ4v) is 2.96. The largest absolute Gasteiger partial charge is 0.496 e. The van der Waals surface area contributed by atoms with Crippen molar-refractivity contribution in [2.24, 2.45) is 5.92 Å². The van der Waals surface area contributed by atoms with Gasteiger partial charge in [-0.2, -0.15) is 0 Å². The predicted octanol–water partition coefficient (Wildman–Crippen LogP) is 2.78. The SMILES string of the molecule is COc1cc(Br)ccc1C(=O)N1CCC(C)CC1C(=O)O. The van der Waals surface area contributed by atoms with E-state index in [0.717, 1.165) is 10.9 Å². The summed E-state index contributed by atoms with van der Waals surface area (Å²) in [6, 6.07) is 4.34. The van der Waals surface area contributed by atoms with E-state index in [0.29, 0.717) is 30.2 Å². The van der Waals surface area contributed by atoms with Crippen molar-refractivity contribution >= 4 is 27.8 Å². The summed E-state index contributed by atoms with van der Waals surface area (Å²) in [5.74, 6) is -0.497. The number of ether oxygens (including phenoxy) is 1. The maximum Gasteiger partial charge on any atom is 0.326 e. The number of piperidine rings is 1. The number of methoxy groups -OCH3 is 1. The van der Waals surface area contributed by atoms with E-state index in [1.54, 1.807) is 18.2 Å². The van der Waals surface area contributed by atoms with Crippen molar-refractivity contribution in [1.29, 1.82) is 0 Å². The third-order valence-corrected chi connectivity index (χ3v) is 4.30. The Balaban J connectivity index is 2.32. The molecule has 0 saturated carbocycles. The van der Waals surface area contributed by atoms with Crippen LogP contribution in [0.2, 0.25) is 0 Å². The van der Waals surface area contributed by atoms with Crippen LogP contribution in [0.4, 0.5) is 0 Å². The van der Waals surface area contributed by atoms with Gasteiger partial charge in [-0.25, -0.2) is 4.79 Å². The maximum absolute atomic E-state index is 12.7. The number of halogens is 1. The predicted molar refractivity (Wildman–Crippen MR) is 81.6 cm³/mol. The molecule has 2 unspecified atom stereocenters. The van der Waals surface area contributed by atoms with Gasteiger partial charge >= 0.3 is 5.97 Å². The average molecular weight is 356 g/mol. The summed E-state index contributed by atoms with van der Waals surface area (Å²) in [4.78, 5) is 25.5. The minimum atomic E-state index is -0.953. The molecule has 2 rings (SSSR count). The number of aliphatic carboxylic acids is 1. The first-order valence-electron chi connectivity index (χ1n) is 6.81. The van der Waals surface area contributed by atoms with E-state index in [1.807, 2.05) is 6.92 Å². The second-order valence-electron chi connectivity index (χ2n) is 5.33. The van der Waals surface area contributed by atoms with Gasteiger partial charge in [-0.1, -0.05) is 22.9 Å². The molecule has 5 nitrogen and oxygen atoms in total. The third kappa shape index (κ3) is 3.37. The lowest BCUT2D eigenvalue weighted by Gasteiger charge is -2.36. The Morgan fingerprint density at radius 3 is 2.76 bits per heavy atom. The highest BCUT2D eigenvalue weighted by atomic mass is 79.9.